The molecule has 4 rings (SSSR count). The van der Waals surface area contributed by atoms with Crippen molar-refractivity contribution in [3.63, 3.8) is 0 Å². The van der Waals surface area contributed by atoms with Gasteiger partial charge in [0.15, 0.2) is 12.1 Å². The number of para-hydroxylation sites is 1. The molecule has 1 spiro atoms. The number of rotatable bonds is 3. The smallest absolute Gasteiger partial charge is 0.412 e. The summed E-state index contributed by atoms with van der Waals surface area (Å²) in [4.78, 5) is 22.2. The number of nitrogens with one attached hydrogen (secondary N) is 1. The van der Waals surface area contributed by atoms with E-state index >= 15 is 0 Å². The molecule has 29 heavy (non-hydrogen) atoms. The van der Waals surface area contributed by atoms with Crippen molar-refractivity contribution in [1.82, 2.24) is 9.96 Å². The summed E-state index contributed by atoms with van der Waals surface area (Å²) in [6.45, 7) is 0.894. The van der Waals surface area contributed by atoms with Gasteiger partial charge in [0, 0.05) is 5.69 Å². The summed E-state index contributed by atoms with van der Waals surface area (Å²) in [6.07, 6.45) is -1.91. The average Bonchev–Trinajstić information content (AvgIpc) is 3.08. The van der Waals surface area contributed by atoms with Gasteiger partial charge in [-0.25, -0.2) is 14.8 Å². The number of carbonyl (C=O) groups is 1. The van der Waals surface area contributed by atoms with Crippen LogP contribution in [0.5, 0.6) is 0 Å². The third-order valence-electron chi connectivity index (χ3n) is 5.75. The number of hydrogen-bond donors (Lipinski definition) is 6. The van der Waals surface area contributed by atoms with Crippen molar-refractivity contribution in [2.45, 2.75) is 36.4 Å². The molecule has 3 aliphatic heterocycles. The highest BCUT2D eigenvalue weighted by Crippen LogP contribution is 2.50. The number of nitrogens with zero attached hydrogens (tertiary/aromatic N) is 4. The molecule has 2 unspecified atom stereocenters. The Kier molecular flexibility index (Phi) is 4.29. The van der Waals surface area contributed by atoms with Gasteiger partial charge in [-0.05, 0) is 19.1 Å². The normalized spacial score (nSPS) is 35.5. The minimum Gasteiger partial charge on any atom is -0.441 e. The zero-order chi connectivity index (χ0) is 21.0. The van der Waals surface area contributed by atoms with Gasteiger partial charge < -0.3 is 31.3 Å². The molecule has 8 N–H and O–H groups in total. The Balaban J connectivity index is 1.66. The number of hydroxylamine groups is 2. The van der Waals surface area contributed by atoms with Crippen LogP contribution in [0.4, 0.5) is 10.5 Å². The Morgan fingerprint density at radius 1 is 1.31 bits per heavy atom. The molecule has 0 aliphatic carbocycles. The number of aliphatic imine (C=N–C) groups is 2. The Labute approximate surface area is 166 Å². The average molecular weight is 405 g/mol. The monoisotopic (exact) mass is 405 g/mol. The predicted molar refractivity (Wildman–Crippen MR) is 102 cm³/mol. The molecule has 12 nitrogen and oxygen atoms in total. The molecular weight excluding hydrogens is 382 g/mol. The molecule has 0 bridgehead atoms. The van der Waals surface area contributed by atoms with Crippen LogP contribution in [-0.2, 0) is 4.74 Å². The van der Waals surface area contributed by atoms with Gasteiger partial charge in [-0.3, -0.25) is 10.5 Å². The SMILES string of the molecule is C[C@]1(O)[C@@H](OC(=O)Nc2ccccc2)CN2C(N)=N[C@@H](CO)C3N=C(N)N(O)C321. The van der Waals surface area contributed by atoms with Crippen LogP contribution in [0.1, 0.15) is 6.92 Å². The highest BCUT2D eigenvalue weighted by atomic mass is 16.6. The molecule has 12 heteroatoms. The van der Waals surface area contributed by atoms with Gasteiger partial charge in [0.25, 0.3) is 0 Å². The van der Waals surface area contributed by atoms with E-state index in [-0.39, 0.29) is 18.5 Å². The Hall–Kier alpha value is -3.09. The molecule has 0 aromatic heterocycles. The molecule has 156 valence electrons. The number of guanidine groups is 2. The number of benzene rings is 1. The number of nitrogens with two attached hydrogens (primary N) is 2. The summed E-state index contributed by atoms with van der Waals surface area (Å²) in [7, 11) is 0. The minimum absolute atomic E-state index is 0.0425. The molecule has 0 radical (unpaired) electrons. The van der Waals surface area contributed by atoms with Gasteiger partial charge >= 0.3 is 6.09 Å². The number of ether oxygens (including phenoxy) is 1. The summed E-state index contributed by atoms with van der Waals surface area (Å²) >= 11 is 0. The van der Waals surface area contributed by atoms with Gasteiger partial charge in [0.1, 0.15) is 17.7 Å². The second kappa shape index (κ2) is 6.47. The number of carbonyl (C=O) groups excluding carboxylic acids is 1. The molecule has 3 aliphatic rings. The van der Waals surface area contributed by atoms with E-state index in [1.807, 2.05) is 0 Å². The topological polar surface area (TPSA) is 182 Å². The van der Waals surface area contributed by atoms with Crippen molar-refractivity contribution in [2.75, 3.05) is 18.5 Å². The first-order valence-electron chi connectivity index (χ1n) is 9.02. The molecule has 1 aromatic rings. The first-order chi connectivity index (χ1) is 13.7. The fourth-order valence-corrected chi connectivity index (χ4v) is 4.39. The van der Waals surface area contributed by atoms with Gasteiger partial charge in [0.05, 0.1) is 13.2 Å². The van der Waals surface area contributed by atoms with Crippen molar-refractivity contribution in [2.24, 2.45) is 21.5 Å². The van der Waals surface area contributed by atoms with Crippen molar-refractivity contribution < 1.29 is 25.0 Å². The summed E-state index contributed by atoms with van der Waals surface area (Å²) in [5, 5.41) is 35.1. The van der Waals surface area contributed by atoms with E-state index in [0.717, 1.165) is 0 Å². The maximum atomic E-state index is 12.4. The molecule has 1 fully saturated rings. The van der Waals surface area contributed by atoms with E-state index in [1.165, 1.54) is 11.8 Å². The number of aliphatic hydroxyl groups is 2. The molecule has 3 heterocycles. The number of aliphatic hydroxyl groups excluding tert-OH is 1. The fourth-order valence-electron chi connectivity index (χ4n) is 4.39. The van der Waals surface area contributed by atoms with Crippen LogP contribution >= 0.6 is 0 Å². The zero-order valence-corrected chi connectivity index (χ0v) is 15.6. The maximum Gasteiger partial charge on any atom is 0.412 e. The largest absolute Gasteiger partial charge is 0.441 e. The van der Waals surface area contributed by atoms with E-state index in [9.17, 15) is 20.2 Å². The molecule has 0 saturated carbocycles. The Bertz CT molecular complexity index is 876. The van der Waals surface area contributed by atoms with Crippen molar-refractivity contribution in [3.8, 4) is 0 Å². The van der Waals surface area contributed by atoms with Crippen molar-refractivity contribution >= 4 is 23.7 Å². The molecule has 1 saturated heterocycles. The second-order valence-electron chi connectivity index (χ2n) is 7.35. The van der Waals surface area contributed by atoms with Gasteiger partial charge in [-0.2, -0.15) is 5.06 Å². The van der Waals surface area contributed by atoms with Gasteiger partial charge in [0.2, 0.25) is 11.6 Å². The molecular formula is C17H23N7O5. The number of amides is 1. The minimum atomic E-state index is -1.88. The van der Waals surface area contributed by atoms with Crippen LogP contribution in [0.25, 0.3) is 0 Å². The lowest BCUT2D eigenvalue weighted by Gasteiger charge is -2.51. The van der Waals surface area contributed by atoms with E-state index < -0.39 is 42.2 Å². The van der Waals surface area contributed by atoms with Crippen LogP contribution < -0.4 is 16.8 Å². The van der Waals surface area contributed by atoms with Gasteiger partial charge in [-0.15, -0.1) is 0 Å². The van der Waals surface area contributed by atoms with Gasteiger partial charge in [-0.1, -0.05) is 18.2 Å². The van der Waals surface area contributed by atoms with E-state index in [2.05, 4.69) is 15.3 Å². The molecule has 5 atom stereocenters. The van der Waals surface area contributed by atoms with Crippen LogP contribution in [0.2, 0.25) is 0 Å². The third kappa shape index (κ3) is 2.53. The lowest BCUT2D eigenvalue weighted by atomic mass is 9.79. The Morgan fingerprint density at radius 2 is 2.00 bits per heavy atom. The van der Waals surface area contributed by atoms with Crippen molar-refractivity contribution in [1.29, 1.82) is 0 Å². The quantitative estimate of drug-likeness (QED) is 0.346. The first-order valence-corrected chi connectivity index (χ1v) is 9.02. The first kappa shape index (κ1) is 19.2. The predicted octanol–water partition coefficient (Wildman–Crippen LogP) is -1.56. The lowest BCUT2D eigenvalue weighted by molar-refractivity contribution is -0.228. The third-order valence-corrected chi connectivity index (χ3v) is 5.75. The number of anilines is 1. The highest BCUT2D eigenvalue weighted by molar-refractivity contribution is 5.88. The zero-order valence-electron chi connectivity index (χ0n) is 15.6. The molecule has 1 amide bonds. The van der Waals surface area contributed by atoms with Crippen LogP contribution in [0.15, 0.2) is 40.3 Å². The van der Waals surface area contributed by atoms with Crippen molar-refractivity contribution in [3.05, 3.63) is 30.3 Å². The number of hydrogen-bond acceptors (Lipinski definition) is 11. The maximum absolute atomic E-state index is 12.4. The van der Waals surface area contributed by atoms with E-state index in [4.69, 9.17) is 16.2 Å². The fraction of sp³-hybridized carbons (Fsp3) is 0.471. The summed E-state index contributed by atoms with van der Waals surface area (Å²) in [5.41, 5.74) is 8.82. The summed E-state index contributed by atoms with van der Waals surface area (Å²) in [6, 6.07) is 6.89. The lowest BCUT2D eigenvalue weighted by Crippen LogP contribution is -2.76. The van der Waals surface area contributed by atoms with E-state index in [0.29, 0.717) is 10.8 Å². The summed E-state index contributed by atoms with van der Waals surface area (Å²) < 4.78 is 5.48. The summed E-state index contributed by atoms with van der Waals surface area (Å²) in [5.74, 6) is -0.308. The second-order valence-corrected chi connectivity index (χ2v) is 7.35. The highest BCUT2D eigenvalue weighted by Gasteiger charge is 2.75. The van der Waals surface area contributed by atoms with Crippen LogP contribution in [0, 0.1) is 0 Å². The van der Waals surface area contributed by atoms with Crippen LogP contribution in [0.3, 0.4) is 0 Å². The molecule has 1 aromatic carbocycles. The standard InChI is InChI=1S/C17H23N7O5/c1-16(27)11(29-15(26)20-9-5-3-2-4-6-9)7-23-13(18)21-10(8-25)12-17(16,23)24(28)14(19)22-12/h2-6,10-12,25,27-28H,7-8H2,1H3,(H2,18,21)(H2,19,22)(H,20,26)/t10-,11-,12?,16-,17?/m0/s1. The van der Waals surface area contributed by atoms with Crippen LogP contribution in [-0.4, -0.2) is 86.0 Å². The Morgan fingerprint density at radius 3 is 2.66 bits per heavy atom. The van der Waals surface area contributed by atoms with E-state index in [1.54, 1.807) is 30.3 Å².